The van der Waals surface area contributed by atoms with Crippen LogP contribution in [-0.2, 0) is 0 Å². The van der Waals surface area contributed by atoms with Gasteiger partial charge in [0.25, 0.3) is 0 Å². The van der Waals surface area contributed by atoms with Crippen LogP contribution in [0.5, 0.6) is 11.5 Å². The number of hydrogen-bond acceptors (Lipinski definition) is 5. The van der Waals surface area contributed by atoms with E-state index in [9.17, 15) is 9.50 Å². The van der Waals surface area contributed by atoms with Crippen molar-refractivity contribution in [3.63, 3.8) is 0 Å². The van der Waals surface area contributed by atoms with E-state index in [1.165, 1.54) is 6.07 Å². The van der Waals surface area contributed by atoms with Crippen LogP contribution in [0.15, 0.2) is 79.1 Å². The van der Waals surface area contributed by atoms with Crippen LogP contribution in [0.25, 0.3) is 55.4 Å². The fourth-order valence-corrected chi connectivity index (χ4v) is 4.66. The lowest BCUT2D eigenvalue weighted by atomic mass is 10.0. The van der Waals surface area contributed by atoms with Gasteiger partial charge in [-0.3, -0.25) is 10.1 Å². The number of H-pyrrole nitrogens is 2. The van der Waals surface area contributed by atoms with Crippen LogP contribution in [0.2, 0.25) is 0 Å². The first-order chi connectivity index (χ1) is 18.4. The van der Waals surface area contributed by atoms with Crippen LogP contribution in [0.4, 0.5) is 4.39 Å². The number of aromatic nitrogens is 4. The zero-order valence-electron chi connectivity index (χ0n) is 21.0. The summed E-state index contributed by atoms with van der Waals surface area (Å²) in [6, 6.07) is 20.0. The summed E-state index contributed by atoms with van der Waals surface area (Å²) in [5, 5.41) is 19.5. The number of halogens is 1. The van der Waals surface area contributed by atoms with E-state index >= 15 is 0 Å². The van der Waals surface area contributed by atoms with Crippen molar-refractivity contribution in [2.45, 2.75) is 0 Å². The number of aromatic hydroxyl groups is 1. The summed E-state index contributed by atoms with van der Waals surface area (Å²) in [5.74, 6) is 0.129. The number of phenolic OH excluding ortho intramolecular Hbond substituents is 1. The van der Waals surface area contributed by atoms with Crippen molar-refractivity contribution in [1.82, 2.24) is 25.1 Å². The number of benzene rings is 3. The Kier molecular flexibility index (Phi) is 6.01. The average molecular weight is 508 g/mol. The lowest BCUT2D eigenvalue weighted by molar-refractivity contribution is 0.261. The molecule has 6 rings (SSSR count). The molecule has 0 spiro atoms. The minimum absolute atomic E-state index is 0.111. The fraction of sp³-hybridized carbons (Fsp3) is 0.133. The van der Waals surface area contributed by atoms with E-state index in [4.69, 9.17) is 4.74 Å². The number of ether oxygens (including phenoxy) is 1. The maximum Gasteiger partial charge on any atom is 0.138 e. The van der Waals surface area contributed by atoms with Crippen molar-refractivity contribution in [2.75, 3.05) is 27.2 Å². The fourth-order valence-electron chi connectivity index (χ4n) is 4.66. The van der Waals surface area contributed by atoms with E-state index in [-0.39, 0.29) is 5.75 Å². The standard InChI is InChI=1S/C30H26FN5O2/c1-36(2)8-9-38-23-12-20(16-32-17-23)18-6-7-28-26(13-18)30(35-34-28)29-15-25-24(4-3-5-27(25)33-29)19-10-21(31)14-22(37)11-19/h3-7,10-17,33,37H,8-9H2,1-2H3,(H,34,35). The van der Waals surface area contributed by atoms with Crippen LogP contribution in [0.1, 0.15) is 0 Å². The predicted octanol–water partition coefficient (Wildman–Crippen LogP) is 6.23. The molecule has 38 heavy (non-hydrogen) atoms. The van der Waals surface area contributed by atoms with Gasteiger partial charge < -0.3 is 19.7 Å². The number of hydrogen-bond donors (Lipinski definition) is 3. The smallest absolute Gasteiger partial charge is 0.138 e. The molecule has 190 valence electrons. The van der Waals surface area contributed by atoms with Gasteiger partial charge in [-0.05, 0) is 73.3 Å². The first-order valence-corrected chi connectivity index (χ1v) is 12.3. The van der Waals surface area contributed by atoms with Gasteiger partial charge >= 0.3 is 0 Å². The van der Waals surface area contributed by atoms with Crippen LogP contribution < -0.4 is 4.74 Å². The summed E-state index contributed by atoms with van der Waals surface area (Å²) in [6.07, 6.45) is 3.55. The summed E-state index contributed by atoms with van der Waals surface area (Å²) in [7, 11) is 4.02. The van der Waals surface area contributed by atoms with Gasteiger partial charge in [0, 0.05) is 40.7 Å². The summed E-state index contributed by atoms with van der Waals surface area (Å²) < 4.78 is 19.9. The third-order valence-electron chi connectivity index (χ3n) is 6.53. The molecule has 0 amide bonds. The van der Waals surface area contributed by atoms with E-state index < -0.39 is 5.82 Å². The Morgan fingerprint density at radius 1 is 0.895 bits per heavy atom. The van der Waals surface area contributed by atoms with Crippen molar-refractivity contribution >= 4 is 21.8 Å². The Hall–Kier alpha value is -4.69. The Labute approximate surface area is 218 Å². The number of pyridine rings is 1. The molecule has 7 nitrogen and oxygen atoms in total. The third-order valence-corrected chi connectivity index (χ3v) is 6.53. The highest BCUT2D eigenvalue weighted by Crippen LogP contribution is 2.36. The third kappa shape index (κ3) is 4.57. The van der Waals surface area contributed by atoms with Gasteiger partial charge in [-0.25, -0.2) is 4.39 Å². The van der Waals surface area contributed by atoms with Gasteiger partial charge in [0.05, 0.1) is 17.4 Å². The summed E-state index contributed by atoms with van der Waals surface area (Å²) in [4.78, 5) is 9.90. The van der Waals surface area contributed by atoms with E-state index in [1.54, 1.807) is 12.3 Å². The Bertz CT molecular complexity index is 1750. The van der Waals surface area contributed by atoms with Crippen molar-refractivity contribution < 1.29 is 14.2 Å². The van der Waals surface area contributed by atoms with Gasteiger partial charge in [-0.15, -0.1) is 0 Å². The number of nitrogens with one attached hydrogen (secondary N) is 2. The molecule has 0 unspecified atom stereocenters. The van der Waals surface area contributed by atoms with Gasteiger partial charge in [0.1, 0.15) is 29.6 Å². The number of nitrogens with zero attached hydrogens (tertiary/aromatic N) is 3. The van der Waals surface area contributed by atoms with Crippen LogP contribution in [0, 0.1) is 5.82 Å². The molecule has 0 saturated heterocycles. The molecular formula is C30H26FN5O2. The second-order valence-electron chi connectivity index (χ2n) is 9.54. The molecule has 3 aromatic carbocycles. The topological polar surface area (TPSA) is 90.1 Å². The molecule has 0 aliphatic carbocycles. The van der Waals surface area contributed by atoms with Gasteiger partial charge in [-0.1, -0.05) is 18.2 Å². The lowest BCUT2D eigenvalue weighted by Gasteiger charge is -2.11. The second-order valence-corrected chi connectivity index (χ2v) is 9.54. The molecule has 0 atom stereocenters. The molecule has 0 aliphatic heterocycles. The quantitative estimate of drug-likeness (QED) is 0.239. The molecule has 0 aliphatic rings. The van der Waals surface area contributed by atoms with Crippen molar-refractivity contribution in [1.29, 1.82) is 0 Å². The molecule has 3 heterocycles. The van der Waals surface area contributed by atoms with E-state index in [2.05, 4.69) is 31.1 Å². The van der Waals surface area contributed by atoms with Gasteiger partial charge in [-0.2, -0.15) is 5.10 Å². The Morgan fingerprint density at radius 2 is 1.79 bits per heavy atom. The molecule has 8 heteroatoms. The summed E-state index contributed by atoms with van der Waals surface area (Å²) in [6.45, 7) is 1.40. The maximum absolute atomic E-state index is 14.0. The number of phenols is 1. The Morgan fingerprint density at radius 3 is 2.63 bits per heavy atom. The Balaban J connectivity index is 1.38. The highest BCUT2D eigenvalue weighted by molar-refractivity contribution is 6.02. The van der Waals surface area contributed by atoms with E-state index in [0.717, 1.165) is 68.2 Å². The second kappa shape index (κ2) is 9.64. The van der Waals surface area contributed by atoms with Crippen LogP contribution in [-0.4, -0.2) is 57.4 Å². The van der Waals surface area contributed by atoms with Crippen LogP contribution in [0.3, 0.4) is 0 Å². The zero-order chi connectivity index (χ0) is 26.2. The van der Waals surface area contributed by atoms with Gasteiger partial charge in [0.2, 0.25) is 0 Å². The highest BCUT2D eigenvalue weighted by atomic mass is 19.1. The molecule has 3 aromatic heterocycles. The zero-order valence-corrected chi connectivity index (χ0v) is 21.0. The molecule has 0 saturated carbocycles. The minimum atomic E-state index is -0.486. The SMILES string of the molecule is CN(C)CCOc1cncc(-c2ccc3[nH]nc(-c4cc5c(-c6cc(O)cc(F)c6)cccc5[nH]4)c3c2)c1. The average Bonchev–Trinajstić information content (AvgIpc) is 3.51. The summed E-state index contributed by atoms with van der Waals surface area (Å²) in [5.41, 5.74) is 6.77. The molecule has 0 radical (unpaired) electrons. The largest absolute Gasteiger partial charge is 0.508 e. The number of rotatable bonds is 7. The number of likely N-dealkylation sites (N-methyl/N-ethyl adjacent to an activating group) is 1. The monoisotopic (exact) mass is 507 g/mol. The maximum atomic E-state index is 14.0. The molecule has 0 bridgehead atoms. The van der Waals surface area contributed by atoms with Crippen LogP contribution >= 0.6 is 0 Å². The minimum Gasteiger partial charge on any atom is -0.508 e. The molecule has 3 N–H and O–H groups in total. The highest BCUT2D eigenvalue weighted by Gasteiger charge is 2.15. The van der Waals surface area contributed by atoms with Crippen molar-refractivity contribution in [2.24, 2.45) is 0 Å². The lowest BCUT2D eigenvalue weighted by Crippen LogP contribution is -2.19. The van der Waals surface area contributed by atoms with E-state index in [1.807, 2.05) is 62.8 Å². The number of aromatic amines is 2. The van der Waals surface area contributed by atoms with Crippen molar-refractivity contribution in [3.05, 3.63) is 84.9 Å². The molecular weight excluding hydrogens is 481 g/mol. The molecule has 6 aromatic rings. The van der Waals surface area contributed by atoms with Gasteiger partial charge in [0.15, 0.2) is 0 Å². The summed E-state index contributed by atoms with van der Waals surface area (Å²) >= 11 is 0. The van der Waals surface area contributed by atoms with Crippen molar-refractivity contribution in [3.8, 4) is 45.1 Å². The first-order valence-electron chi connectivity index (χ1n) is 12.3. The number of fused-ring (bicyclic) bond motifs is 2. The predicted molar refractivity (Wildman–Crippen MR) is 148 cm³/mol. The molecule has 0 fully saturated rings. The normalized spacial score (nSPS) is 11.6. The first kappa shape index (κ1) is 23.7. The van der Waals surface area contributed by atoms with E-state index in [0.29, 0.717) is 12.2 Å².